The summed E-state index contributed by atoms with van der Waals surface area (Å²) in [6, 6.07) is 17.4. The van der Waals surface area contributed by atoms with Crippen LogP contribution in [0.3, 0.4) is 0 Å². The average molecular weight is 300 g/mol. The van der Waals surface area contributed by atoms with Crippen molar-refractivity contribution < 1.29 is 5.11 Å². The molecule has 0 spiro atoms. The van der Waals surface area contributed by atoms with Crippen molar-refractivity contribution in [2.75, 3.05) is 0 Å². The summed E-state index contributed by atoms with van der Waals surface area (Å²) in [4.78, 5) is 0. The van der Waals surface area contributed by atoms with Crippen LogP contribution in [0.25, 0.3) is 11.3 Å². The highest BCUT2D eigenvalue weighted by Crippen LogP contribution is 2.23. The molecule has 5 heteroatoms. The number of aliphatic hydroxyl groups excluding tert-OH is 1. The van der Waals surface area contributed by atoms with Crippen LogP contribution in [0.4, 0.5) is 0 Å². The minimum absolute atomic E-state index is 0.139. The first-order valence-electron chi connectivity index (χ1n) is 6.61. The van der Waals surface area contributed by atoms with Gasteiger partial charge in [0.15, 0.2) is 0 Å². The van der Waals surface area contributed by atoms with Gasteiger partial charge in [0.25, 0.3) is 0 Å². The van der Waals surface area contributed by atoms with Gasteiger partial charge in [0.2, 0.25) is 0 Å². The molecule has 0 atom stereocenters. The van der Waals surface area contributed by atoms with Gasteiger partial charge in [0, 0.05) is 10.6 Å². The Morgan fingerprint density at radius 2 is 1.86 bits per heavy atom. The fraction of sp³-hybridized carbons (Fsp3) is 0.125. The topological polar surface area (TPSA) is 50.9 Å². The number of halogens is 1. The molecule has 0 unspecified atom stereocenters. The van der Waals surface area contributed by atoms with Crippen LogP contribution in [0.1, 0.15) is 11.3 Å². The molecular weight excluding hydrogens is 286 g/mol. The van der Waals surface area contributed by atoms with Gasteiger partial charge in [0.05, 0.1) is 18.8 Å². The van der Waals surface area contributed by atoms with Crippen LogP contribution in [-0.4, -0.2) is 20.1 Å². The van der Waals surface area contributed by atoms with Crippen molar-refractivity contribution in [3.63, 3.8) is 0 Å². The molecule has 3 aromatic rings. The molecule has 0 radical (unpaired) electrons. The third-order valence-corrected chi connectivity index (χ3v) is 3.46. The Morgan fingerprint density at radius 3 is 2.57 bits per heavy atom. The second-order valence-electron chi connectivity index (χ2n) is 4.70. The monoisotopic (exact) mass is 299 g/mol. The average Bonchev–Trinajstić information content (AvgIpc) is 2.91. The van der Waals surface area contributed by atoms with E-state index in [1.54, 1.807) is 4.68 Å². The van der Waals surface area contributed by atoms with E-state index in [0.717, 1.165) is 16.8 Å². The van der Waals surface area contributed by atoms with Crippen molar-refractivity contribution in [1.82, 2.24) is 15.0 Å². The molecule has 0 aliphatic heterocycles. The zero-order chi connectivity index (χ0) is 14.7. The van der Waals surface area contributed by atoms with Crippen LogP contribution in [0, 0.1) is 0 Å². The summed E-state index contributed by atoms with van der Waals surface area (Å²) >= 11 is 6.02. The normalized spacial score (nSPS) is 10.8. The Balaban J connectivity index is 2.02. The Labute approximate surface area is 127 Å². The molecule has 0 aliphatic carbocycles. The van der Waals surface area contributed by atoms with E-state index >= 15 is 0 Å². The predicted octanol–water partition coefficient (Wildman–Crippen LogP) is 3.14. The lowest BCUT2D eigenvalue weighted by atomic mass is 10.1. The Morgan fingerprint density at radius 1 is 1.05 bits per heavy atom. The van der Waals surface area contributed by atoms with Crippen LogP contribution < -0.4 is 0 Å². The summed E-state index contributed by atoms with van der Waals surface area (Å²) < 4.78 is 1.78. The van der Waals surface area contributed by atoms with Gasteiger partial charge >= 0.3 is 0 Å². The molecule has 3 rings (SSSR count). The van der Waals surface area contributed by atoms with E-state index in [2.05, 4.69) is 10.3 Å². The fourth-order valence-corrected chi connectivity index (χ4v) is 2.50. The molecule has 0 fully saturated rings. The van der Waals surface area contributed by atoms with E-state index in [1.165, 1.54) is 0 Å². The Bertz CT molecular complexity index is 740. The van der Waals surface area contributed by atoms with E-state index < -0.39 is 0 Å². The van der Waals surface area contributed by atoms with E-state index in [9.17, 15) is 5.11 Å². The largest absolute Gasteiger partial charge is 0.390 e. The highest BCUT2D eigenvalue weighted by Gasteiger charge is 2.14. The lowest BCUT2D eigenvalue weighted by molar-refractivity contribution is 0.277. The molecule has 106 valence electrons. The molecule has 0 bridgehead atoms. The zero-order valence-corrected chi connectivity index (χ0v) is 12.0. The Hall–Kier alpha value is -2.17. The summed E-state index contributed by atoms with van der Waals surface area (Å²) in [5, 5.41) is 18.4. The highest BCUT2D eigenvalue weighted by atomic mass is 35.5. The molecule has 21 heavy (non-hydrogen) atoms. The lowest BCUT2D eigenvalue weighted by Crippen LogP contribution is -2.04. The molecule has 0 saturated carbocycles. The molecule has 0 aliphatic rings. The summed E-state index contributed by atoms with van der Waals surface area (Å²) in [5.74, 6) is 0. The van der Waals surface area contributed by atoms with Gasteiger partial charge in [-0.1, -0.05) is 59.3 Å². The fourth-order valence-electron chi connectivity index (χ4n) is 2.29. The van der Waals surface area contributed by atoms with Crippen molar-refractivity contribution in [2.45, 2.75) is 13.2 Å². The smallest absolute Gasteiger partial charge is 0.116 e. The van der Waals surface area contributed by atoms with E-state index in [-0.39, 0.29) is 6.61 Å². The minimum Gasteiger partial charge on any atom is -0.390 e. The maximum atomic E-state index is 9.47. The van der Waals surface area contributed by atoms with Crippen LogP contribution in [0.5, 0.6) is 0 Å². The standard InChI is InChI=1S/C16H14ClN3O/c17-14-8-4-5-12(9-14)10-20-16(15(11-21)18-19-20)13-6-2-1-3-7-13/h1-9,21H,10-11H2. The maximum absolute atomic E-state index is 9.47. The van der Waals surface area contributed by atoms with Gasteiger partial charge in [-0.2, -0.15) is 0 Å². The number of rotatable bonds is 4. The zero-order valence-electron chi connectivity index (χ0n) is 11.3. The number of benzene rings is 2. The second kappa shape index (κ2) is 6.08. The molecule has 0 amide bonds. The van der Waals surface area contributed by atoms with Crippen molar-refractivity contribution in [3.8, 4) is 11.3 Å². The minimum atomic E-state index is -0.139. The number of aromatic nitrogens is 3. The third-order valence-electron chi connectivity index (χ3n) is 3.22. The van der Waals surface area contributed by atoms with Gasteiger partial charge < -0.3 is 5.11 Å². The lowest BCUT2D eigenvalue weighted by Gasteiger charge is -2.08. The number of nitrogens with zero attached hydrogens (tertiary/aromatic N) is 3. The maximum Gasteiger partial charge on any atom is 0.116 e. The van der Waals surface area contributed by atoms with E-state index in [1.807, 2.05) is 54.6 Å². The van der Waals surface area contributed by atoms with Crippen molar-refractivity contribution >= 4 is 11.6 Å². The molecular formula is C16H14ClN3O. The molecule has 4 nitrogen and oxygen atoms in total. The summed E-state index contributed by atoms with van der Waals surface area (Å²) in [6.07, 6.45) is 0. The quantitative estimate of drug-likeness (QED) is 0.805. The summed E-state index contributed by atoms with van der Waals surface area (Å²) in [6.45, 7) is 0.414. The highest BCUT2D eigenvalue weighted by molar-refractivity contribution is 6.30. The first-order chi connectivity index (χ1) is 10.3. The molecule has 1 N–H and O–H groups in total. The van der Waals surface area contributed by atoms with Crippen LogP contribution >= 0.6 is 11.6 Å². The predicted molar refractivity (Wildman–Crippen MR) is 81.9 cm³/mol. The molecule has 1 aromatic heterocycles. The van der Waals surface area contributed by atoms with Crippen molar-refractivity contribution in [2.24, 2.45) is 0 Å². The van der Waals surface area contributed by atoms with E-state index in [0.29, 0.717) is 17.3 Å². The number of hydrogen-bond acceptors (Lipinski definition) is 3. The van der Waals surface area contributed by atoms with Gasteiger partial charge in [-0.15, -0.1) is 5.10 Å². The number of aliphatic hydroxyl groups is 1. The third kappa shape index (κ3) is 2.96. The molecule has 2 aromatic carbocycles. The van der Waals surface area contributed by atoms with Crippen molar-refractivity contribution in [1.29, 1.82) is 0 Å². The first-order valence-corrected chi connectivity index (χ1v) is 6.99. The SMILES string of the molecule is OCc1nnn(Cc2cccc(Cl)c2)c1-c1ccccc1. The summed E-state index contributed by atoms with van der Waals surface area (Å²) in [5.41, 5.74) is 3.42. The number of hydrogen-bond donors (Lipinski definition) is 1. The van der Waals surface area contributed by atoms with Gasteiger partial charge in [-0.05, 0) is 17.7 Å². The Kier molecular flexibility index (Phi) is 3.99. The van der Waals surface area contributed by atoms with E-state index in [4.69, 9.17) is 11.6 Å². The summed E-state index contributed by atoms with van der Waals surface area (Å²) in [7, 11) is 0. The van der Waals surface area contributed by atoms with Gasteiger partial charge in [-0.25, -0.2) is 4.68 Å². The molecule has 1 heterocycles. The van der Waals surface area contributed by atoms with Gasteiger partial charge in [0.1, 0.15) is 5.69 Å². The van der Waals surface area contributed by atoms with Crippen LogP contribution in [-0.2, 0) is 13.2 Å². The molecule has 0 saturated heterocycles. The van der Waals surface area contributed by atoms with Gasteiger partial charge in [-0.3, -0.25) is 0 Å². The van der Waals surface area contributed by atoms with Crippen LogP contribution in [0.15, 0.2) is 54.6 Å². The second-order valence-corrected chi connectivity index (χ2v) is 5.13. The first kappa shape index (κ1) is 13.8. The van der Waals surface area contributed by atoms with Crippen molar-refractivity contribution in [3.05, 3.63) is 70.9 Å². The van der Waals surface area contributed by atoms with Crippen LogP contribution in [0.2, 0.25) is 5.02 Å².